The molecule has 0 spiro atoms. The SMILES string of the molecule is CC1(N)CCN(C(=O)c2ccc(-c3cn4c(-c5ccc(C#N)cc5)cnc4cn3)cc2F)CC1. The summed E-state index contributed by atoms with van der Waals surface area (Å²) < 4.78 is 16.9. The van der Waals surface area contributed by atoms with Crippen LogP contribution >= 0.6 is 0 Å². The molecular weight excluding hydrogens is 431 g/mol. The number of fused-ring (bicyclic) bond motifs is 1. The van der Waals surface area contributed by atoms with Crippen molar-refractivity contribution in [3.63, 3.8) is 0 Å². The third-order valence-electron chi connectivity index (χ3n) is 6.39. The fourth-order valence-corrected chi connectivity index (χ4v) is 4.21. The Bertz CT molecular complexity index is 1420. The minimum atomic E-state index is -0.580. The molecular formula is C26H23FN6O. The zero-order valence-corrected chi connectivity index (χ0v) is 18.7. The maximum atomic E-state index is 15.0. The minimum absolute atomic E-state index is 0.0476. The fraction of sp³-hybridized carbons (Fsp3) is 0.231. The molecule has 1 fully saturated rings. The van der Waals surface area contributed by atoms with Gasteiger partial charge in [0.15, 0.2) is 5.65 Å². The second kappa shape index (κ2) is 8.36. The Kier molecular flexibility index (Phi) is 5.34. The second-order valence-electron chi connectivity index (χ2n) is 8.97. The summed E-state index contributed by atoms with van der Waals surface area (Å²) in [6.07, 6.45) is 6.52. The van der Waals surface area contributed by atoms with E-state index in [2.05, 4.69) is 16.0 Å². The van der Waals surface area contributed by atoms with Gasteiger partial charge in [-0.25, -0.2) is 9.37 Å². The molecule has 1 aliphatic heterocycles. The van der Waals surface area contributed by atoms with E-state index in [4.69, 9.17) is 11.0 Å². The maximum Gasteiger partial charge on any atom is 0.256 e. The van der Waals surface area contributed by atoms with Gasteiger partial charge in [0.05, 0.1) is 41.0 Å². The number of aromatic nitrogens is 3. The summed E-state index contributed by atoms with van der Waals surface area (Å²) >= 11 is 0. The van der Waals surface area contributed by atoms with E-state index in [1.807, 2.05) is 23.5 Å². The van der Waals surface area contributed by atoms with Crippen LogP contribution in [0.2, 0.25) is 0 Å². The molecule has 4 aromatic rings. The lowest BCUT2D eigenvalue weighted by atomic mass is 9.90. The van der Waals surface area contributed by atoms with Gasteiger partial charge in [0, 0.05) is 36.0 Å². The molecule has 0 atom stereocenters. The van der Waals surface area contributed by atoms with Gasteiger partial charge in [0.25, 0.3) is 5.91 Å². The standard InChI is InChI=1S/C26H23FN6O/c1-26(29)8-10-32(11-9-26)25(34)20-7-6-19(12-21(20)27)22-16-33-23(14-31-24(33)15-30-22)18-4-2-17(13-28)3-5-18/h2-7,12,14-16H,8-11,29H2,1H3. The van der Waals surface area contributed by atoms with Crippen LogP contribution in [0.25, 0.3) is 28.2 Å². The number of nitrogens with two attached hydrogens (primary N) is 1. The number of nitriles is 1. The number of halogens is 1. The Morgan fingerprint density at radius 1 is 1.09 bits per heavy atom. The van der Waals surface area contributed by atoms with Gasteiger partial charge < -0.3 is 10.6 Å². The van der Waals surface area contributed by atoms with Crippen LogP contribution in [-0.4, -0.2) is 43.8 Å². The van der Waals surface area contributed by atoms with Gasteiger partial charge in [-0.1, -0.05) is 18.2 Å². The van der Waals surface area contributed by atoms with E-state index < -0.39 is 5.82 Å². The van der Waals surface area contributed by atoms with E-state index in [1.165, 1.54) is 12.1 Å². The molecule has 1 saturated heterocycles. The van der Waals surface area contributed by atoms with E-state index in [1.54, 1.807) is 41.7 Å². The summed E-state index contributed by atoms with van der Waals surface area (Å²) in [5.41, 5.74) is 9.96. The van der Waals surface area contributed by atoms with E-state index in [-0.39, 0.29) is 17.0 Å². The predicted octanol–water partition coefficient (Wildman–Crippen LogP) is 4.03. The van der Waals surface area contributed by atoms with Crippen molar-refractivity contribution in [1.29, 1.82) is 5.26 Å². The molecule has 5 rings (SSSR count). The molecule has 7 nitrogen and oxygen atoms in total. The Hall–Kier alpha value is -4.09. The molecule has 2 aromatic heterocycles. The van der Waals surface area contributed by atoms with Crippen molar-refractivity contribution in [1.82, 2.24) is 19.3 Å². The Labute approximate surface area is 196 Å². The van der Waals surface area contributed by atoms with Gasteiger partial charge in [0.2, 0.25) is 0 Å². The van der Waals surface area contributed by atoms with Crippen LogP contribution < -0.4 is 5.73 Å². The van der Waals surface area contributed by atoms with Crippen LogP contribution in [0.4, 0.5) is 4.39 Å². The van der Waals surface area contributed by atoms with E-state index in [9.17, 15) is 4.79 Å². The van der Waals surface area contributed by atoms with Crippen LogP contribution in [0.1, 0.15) is 35.7 Å². The second-order valence-corrected chi connectivity index (χ2v) is 8.97. The monoisotopic (exact) mass is 454 g/mol. The molecule has 3 heterocycles. The lowest BCUT2D eigenvalue weighted by molar-refractivity contribution is 0.0676. The number of imidazole rings is 1. The van der Waals surface area contributed by atoms with Gasteiger partial charge in [-0.15, -0.1) is 0 Å². The van der Waals surface area contributed by atoms with E-state index in [0.29, 0.717) is 48.4 Å². The lowest BCUT2D eigenvalue weighted by Gasteiger charge is -2.36. The third kappa shape index (κ3) is 4.02. The number of hydrogen-bond acceptors (Lipinski definition) is 5. The Morgan fingerprint density at radius 2 is 1.79 bits per heavy atom. The number of piperidine rings is 1. The normalized spacial score (nSPS) is 15.3. The summed E-state index contributed by atoms with van der Waals surface area (Å²) in [6, 6.07) is 13.9. The highest BCUT2D eigenvalue weighted by molar-refractivity contribution is 5.95. The van der Waals surface area contributed by atoms with E-state index in [0.717, 1.165) is 11.3 Å². The molecule has 2 N–H and O–H groups in total. The largest absolute Gasteiger partial charge is 0.338 e. The van der Waals surface area contributed by atoms with Gasteiger partial charge in [-0.05, 0) is 44.0 Å². The van der Waals surface area contributed by atoms with E-state index >= 15 is 4.39 Å². The van der Waals surface area contributed by atoms with Crippen molar-refractivity contribution in [2.45, 2.75) is 25.3 Å². The highest BCUT2D eigenvalue weighted by Gasteiger charge is 2.29. The number of amides is 1. The Morgan fingerprint density at radius 3 is 2.47 bits per heavy atom. The summed E-state index contributed by atoms with van der Waals surface area (Å²) in [4.78, 5) is 23.3. The van der Waals surface area contributed by atoms with Crippen molar-refractivity contribution < 1.29 is 9.18 Å². The van der Waals surface area contributed by atoms with Crippen LogP contribution in [0, 0.1) is 17.1 Å². The summed E-state index contributed by atoms with van der Waals surface area (Å²) in [6.45, 7) is 3.01. The molecule has 34 heavy (non-hydrogen) atoms. The molecule has 0 saturated carbocycles. The third-order valence-corrected chi connectivity index (χ3v) is 6.39. The average Bonchev–Trinajstić information content (AvgIpc) is 3.27. The predicted molar refractivity (Wildman–Crippen MR) is 126 cm³/mol. The minimum Gasteiger partial charge on any atom is -0.338 e. The zero-order chi connectivity index (χ0) is 23.9. The molecule has 1 aliphatic rings. The van der Waals surface area contributed by atoms with Crippen LogP contribution in [0.3, 0.4) is 0 Å². The maximum absolute atomic E-state index is 15.0. The topological polar surface area (TPSA) is 100 Å². The summed E-state index contributed by atoms with van der Waals surface area (Å²) in [7, 11) is 0. The first-order chi connectivity index (χ1) is 16.3. The number of rotatable bonds is 3. The van der Waals surface area contributed by atoms with Crippen LogP contribution in [0.15, 0.2) is 61.1 Å². The van der Waals surface area contributed by atoms with Crippen molar-refractivity contribution in [3.8, 4) is 28.6 Å². The molecule has 0 radical (unpaired) electrons. The molecule has 1 amide bonds. The zero-order valence-electron chi connectivity index (χ0n) is 18.7. The number of benzene rings is 2. The summed E-state index contributed by atoms with van der Waals surface area (Å²) in [5, 5.41) is 9.03. The molecule has 0 unspecified atom stereocenters. The van der Waals surface area contributed by atoms with Gasteiger partial charge >= 0.3 is 0 Å². The number of carbonyl (C=O) groups is 1. The smallest absolute Gasteiger partial charge is 0.256 e. The van der Waals surface area contributed by atoms with Crippen molar-refractivity contribution in [2.24, 2.45) is 5.73 Å². The van der Waals surface area contributed by atoms with Crippen molar-refractivity contribution in [3.05, 3.63) is 78.0 Å². The summed E-state index contributed by atoms with van der Waals surface area (Å²) in [5.74, 6) is -0.899. The molecule has 0 aliphatic carbocycles. The molecule has 8 heteroatoms. The number of likely N-dealkylation sites (tertiary alicyclic amines) is 1. The number of carbonyl (C=O) groups excluding carboxylic acids is 1. The van der Waals surface area contributed by atoms with Crippen LogP contribution in [-0.2, 0) is 0 Å². The number of hydrogen-bond donors (Lipinski definition) is 1. The molecule has 170 valence electrons. The Balaban J connectivity index is 1.44. The highest BCUT2D eigenvalue weighted by Crippen LogP contribution is 2.26. The number of nitrogens with zero attached hydrogens (tertiary/aromatic N) is 5. The molecule has 2 aromatic carbocycles. The average molecular weight is 455 g/mol. The first kappa shape index (κ1) is 21.7. The van der Waals surface area contributed by atoms with Gasteiger partial charge in [-0.3, -0.25) is 14.2 Å². The quantitative estimate of drug-likeness (QED) is 0.504. The first-order valence-electron chi connectivity index (χ1n) is 11.1. The van der Waals surface area contributed by atoms with Crippen LogP contribution in [0.5, 0.6) is 0 Å². The first-order valence-corrected chi connectivity index (χ1v) is 11.1. The lowest BCUT2D eigenvalue weighted by Crippen LogP contribution is -2.50. The van der Waals surface area contributed by atoms with Crippen molar-refractivity contribution >= 4 is 11.6 Å². The highest BCUT2D eigenvalue weighted by atomic mass is 19.1. The fourth-order valence-electron chi connectivity index (χ4n) is 4.21. The van der Waals surface area contributed by atoms with Gasteiger partial charge in [-0.2, -0.15) is 5.26 Å². The molecule has 0 bridgehead atoms. The van der Waals surface area contributed by atoms with Crippen molar-refractivity contribution in [2.75, 3.05) is 13.1 Å². The van der Waals surface area contributed by atoms with Gasteiger partial charge in [0.1, 0.15) is 5.82 Å².